The van der Waals surface area contributed by atoms with Gasteiger partial charge in [-0.15, -0.1) is 6.58 Å². The molecule has 1 atom stereocenters. The molecule has 1 aliphatic heterocycles. The predicted octanol–water partition coefficient (Wildman–Crippen LogP) is 3.02. The Hall–Kier alpha value is -1.87. The Kier molecular flexibility index (Phi) is 3.47. The molecule has 0 radical (unpaired) electrons. The number of pyridine rings is 1. The number of anilines is 1. The number of ether oxygens (including phenoxy) is 1. The monoisotopic (exact) mass is 254 g/mol. The summed E-state index contributed by atoms with van der Waals surface area (Å²) in [5, 5.41) is 1.19. The molecule has 98 valence electrons. The lowest BCUT2D eigenvalue weighted by Gasteiger charge is -2.17. The second kappa shape index (κ2) is 5.41. The second-order valence-electron chi connectivity index (χ2n) is 4.84. The minimum absolute atomic E-state index is 0.297. The highest BCUT2D eigenvalue weighted by molar-refractivity contribution is 5.80. The summed E-state index contributed by atoms with van der Waals surface area (Å²) in [7, 11) is 0. The third kappa shape index (κ3) is 2.61. The first-order chi connectivity index (χ1) is 9.36. The third-order valence-corrected chi connectivity index (χ3v) is 3.50. The average Bonchev–Trinajstić information content (AvgIpc) is 2.93. The van der Waals surface area contributed by atoms with Crippen molar-refractivity contribution in [3.63, 3.8) is 0 Å². The standard InChI is InChI=1S/C16H18N2O/c1-2-11-19-14-9-10-18(12-14)16-8-7-13-5-3-4-6-15(13)17-16/h2-8,14H,1,9-12H2. The van der Waals surface area contributed by atoms with Crippen molar-refractivity contribution in [2.24, 2.45) is 0 Å². The van der Waals surface area contributed by atoms with Crippen LogP contribution in [-0.2, 0) is 4.74 Å². The smallest absolute Gasteiger partial charge is 0.129 e. The van der Waals surface area contributed by atoms with Crippen LogP contribution in [-0.4, -0.2) is 30.8 Å². The maximum Gasteiger partial charge on any atom is 0.129 e. The van der Waals surface area contributed by atoms with Gasteiger partial charge in [0, 0.05) is 18.5 Å². The number of hydrogen-bond acceptors (Lipinski definition) is 3. The molecule has 3 heteroatoms. The molecular weight excluding hydrogens is 236 g/mol. The largest absolute Gasteiger partial charge is 0.372 e. The van der Waals surface area contributed by atoms with E-state index in [9.17, 15) is 0 Å². The molecule has 1 unspecified atom stereocenters. The van der Waals surface area contributed by atoms with Gasteiger partial charge in [0.2, 0.25) is 0 Å². The maximum atomic E-state index is 5.70. The van der Waals surface area contributed by atoms with Gasteiger partial charge < -0.3 is 9.64 Å². The Morgan fingerprint density at radius 2 is 2.21 bits per heavy atom. The van der Waals surface area contributed by atoms with Crippen molar-refractivity contribution in [1.82, 2.24) is 4.98 Å². The van der Waals surface area contributed by atoms with Gasteiger partial charge in [-0.25, -0.2) is 4.98 Å². The molecule has 1 aromatic carbocycles. The molecule has 0 aliphatic carbocycles. The molecule has 0 spiro atoms. The molecule has 0 saturated carbocycles. The molecule has 1 fully saturated rings. The summed E-state index contributed by atoms with van der Waals surface area (Å²) in [5.41, 5.74) is 1.05. The van der Waals surface area contributed by atoms with Gasteiger partial charge in [0.05, 0.1) is 18.2 Å². The Labute approximate surface area is 113 Å². The van der Waals surface area contributed by atoms with E-state index in [-0.39, 0.29) is 0 Å². The Balaban J connectivity index is 1.76. The molecule has 1 aromatic heterocycles. The molecule has 2 heterocycles. The van der Waals surface area contributed by atoms with E-state index in [4.69, 9.17) is 9.72 Å². The van der Waals surface area contributed by atoms with Crippen LogP contribution in [0.5, 0.6) is 0 Å². The van der Waals surface area contributed by atoms with Crippen LogP contribution in [0.25, 0.3) is 10.9 Å². The zero-order valence-corrected chi connectivity index (χ0v) is 11.0. The first-order valence-electron chi connectivity index (χ1n) is 6.70. The SMILES string of the molecule is C=CCOC1CCN(c2ccc3ccccc3n2)C1. The summed E-state index contributed by atoms with van der Waals surface area (Å²) >= 11 is 0. The number of para-hydroxylation sites is 1. The van der Waals surface area contributed by atoms with Crippen LogP contribution in [0.4, 0.5) is 5.82 Å². The highest BCUT2D eigenvalue weighted by Gasteiger charge is 2.23. The van der Waals surface area contributed by atoms with Crippen LogP contribution in [0.15, 0.2) is 49.1 Å². The summed E-state index contributed by atoms with van der Waals surface area (Å²) in [6.07, 6.45) is 3.16. The van der Waals surface area contributed by atoms with E-state index in [1.165, 1.54) is 5.39 Å². The van der Waals surface area contributed by atoms with Gasteiger partial charge in [-0.05, 0) is 24.6 Å². The second-order valence-corrected chi connectivity index (χ2v) is 4.84. The summed E-state index contributed by atoms with van der Waals surface area (Å²) in [5.74, 6) is 1.04. The number of hydrogen-bond donors (Lipinski definition) is 0. The van der Waals surface area contributed by atoms with Gasteiger partial charge in [0.25, 0.3) is 0 Å². The maximum absolute atomic E-state index is 5.70. The lowest BCUT2D eigenvalue weighted by atomic mass is 10.2. The number of aromatic nitrogens is 1. The van der Waals surface area contributed by atoms with Crippen LogP contribution in [0, 0.1) is 0 Å². The van der Waals surface area contributed by atoms with Crippen molar-refractivity contribution in [3.8, 4) is 0 Å². The van der Waals surface area contributed by atoms with Crippen molar-refractivity contribution in [1.29, 1.82) is 0 Å². The van der Waals surface area contributed by atoms with Crippen LogP contribution < -0.4 is 4.90 Å². The third-order valence-electron chi connectivity index (χ3n) is 3.50. The fourth-order valence-corrected chi connectivity index (χ4v) is 2.51. The van der Waals surface area contributed by atoms with E-state index in [1.54, 1.807) is 6.08 Å². The van der Waals surface area contributed by atoms with E-state index in [0.29, 0.717) is 12.7 Å². The summed E-state index contributed by atoms with van der Waals surface area (Å²) in [6, 6.07) is 12.4. The Morgan fingerprint density at radius 3 is 3.11 bits per heavy atom. The molecule has 1 aliphatic rings. The van der Waals surface area contributed by atoms with Crippen molar-refractivity contribution in [3.05, 3.63) is 49.1 Å². The highest BCUT2D eigenvalue weighted by atomic mass is 16.5. The molecule has 19 heavy (non-hydrogen) atoms. The van der Waals surface area contributed by atoms with Crippen molar-refractivity contribution < 1.29 is 4.74 Å². The molecule has 0 bridgehead atoms. The number of nitrogens with zero attached hydrogens (tertiary/aromatic N) is 2. The van der Waals surface area contributed by atoms with Gasteiger partial charge in [0.15, 0.2) is 0 Å². The molecule has 3 nitrogen and oxygen atoms in total. The fraction of sp³-hybridized carbons (Fsp3) is 0.312. The Bertz CT molecular complexity index is 582. The summed E-state index contributed by atoms with van der Waals surface area (Å²) in [4.78, 5) is 7.01. The molecule has 0 amide bonds. The Morgan fingerprint density at radius 1 is 1.32 bits per heavy atom. The number of benzene rings is 1. The average molecular weight is 254 g/mol. The van der Waals surface area contributed by atoms with Crippen molar-refractivity contribution in [2.45, 2.75) is 12.5 Å². The normalized spacial score (nSPS) is 18.9. The van der Waals surface area contributed by atoms with E-state index in [1.807, 2.05) is 12.1 Å². The molecule has 3 rings (SSSR count). The molecule has 1 saturated heterocycles. The van der Waals surface area contributed by atoms with E-state index >= 15 is 0 Å². The lowest BCUT2D eigenvalue weighted by molar-refractivity contribution is 0.0909. The zero-order chi connectivity index (χ0) is 13.1. The lowest BCUT2D eigenvalue weighted by Crippen LogP contribution is -2.23. The summed E-state index contributed by atoms with van der Waals surface area (Å²) < 4.78 is 5.70. The topological polar surface area (TPSA) is 25.4 Å². The van der Waals surface area contributed by atoms with Gasteiger partial charge in [-0.1, -0.05) is 24.3 Å². The van der Waals surface area contributed by atoms with Crippen molar-refractivity contribution in [2.75, 3.05) is 24.6 Å². The first kappa shape index (κ1) is 12.2. The van der Waals surface area contributed by atoms with Gasteiger partial charge in [-0.2, -0.15) is 0 Å². The van der Waals surface area contributed by atoms with E-state index in [0.717, 1.165) is 30.8 Å². The van der Waals surface area contributed by atoms with Gasteiger partial charge >= 0.3 is 0 Å². The summed E-state index contributed by atoms with van der Waals surface area (Å²) in [6.45, 7) is 6.23. The molecular formula is C16H18N2O. The van der Waals surface area contributed by atoms with Crippen LogP contribution in [0.1, 0.15) is 6.42 Å². The zero-order valence-electron chi connectivity index (χ0n) is 11.0. The van der Waals surface area contributed by atoms with Gasteiger partial charge in [-0.3, -0.25) is 0 Å². The van der Waals surface area contributed by atoms with Crippen LogP contribution in [0.2, 0.25) is 0 Å². The van der Waals surface area contributed by atoms with E-state index < -0.39 is 0 Å². The quantitative estimate of drug-likeness (QED) is 0.784. The first-order valence-corrected chi connectivity index (χ1v) is 6.70. The van der Waals surface area contributed by atoms with Crippen molar-refractivity contribution >= 4 is 16.7 Å². The number of rotatable bonds is 4. The van der Waals surface area contributed by atoms with E-state index in [2.05, 4.69) is 35.7 Å². The highest BCUT2D eigenvalue weighted by Crippen LogP contribution is 2.22. The minimum atomic E-state index is 0.297. The molecule has 2 aromatic rings. The van der Waals surface area contributed by atoms with Gasteiger partial charge in [0.1, 0.15) is 5.82 Å². The number of fused-ring (bicyclic) bond motifs is 1. The fourth-order valence-electron chi connectivity index (χ4n) is 2.51. The predicted molar refractivity (Wildman–Crippen MR) is 78.5 cm³/mol. The van der Waals surface area contributed by atoms with Crippen LogP contribution >= 0.6 is 0 Å². The van der Waals surface area contributed by atoms with Crippen LogP contribution in [0.3, 0.4) is 0 Å². The molecule has 0 N–H and O–H groups in total. The minimum Gasteiger partial charge on any atom is -0.372 e.